The van der Waals surface area contributed by atoms with Gasteiger partial charge in [0.1, 0.15) is 12.4 Å². The number of benzene rings is 1. The maximum absolute atomic E-state index is 12.3. The summed E-state index contributed by atoms with van der Waals surface area (Å²) in [6.45, 7) is 0.224. The van der Waals surface area contributed by atoms with E-state index in [1.165, 1.54) is 12.1 Å². The highest BCUT2D eigenvalue weighted by Gasteiger charge is 2.29. The van der Waals surface area contributed by atoms with Crippen molar-refractivity contribution in [3.8, 4) is 5.75 Å². The van der Waals surface area contributed by atoms with E-state index in [-0.39, 0.29) is 6.61 Å². The molecule has 0 radical (unpaired) electrons. The molecule has 1 aromatic carbocycles. The molecule has 1 aromatic heterocycles. The zero-order valence-corrected chi connectivity index (χ0v) is 9.32. The van der Waals surface area contributed by atoms with Crippen molar-refractivity contribution in [3.63, 3.8) is 0 Å². The summed E-state index contributed by atoms with van der Waals surface area (Å²) in [5.74, 6) is 0.630. The van der Waals surface area contributed by atoms with E-state index in [0.717, 1.165) is 12.1 Å². The molecule has 0 amide bonds. The zero-order chi connectivity index (χ0) is 13.0. The molecule has 2 rings (SSSR count). The molecule has 0 fully saturated rings. The monoisotopic (exact) mass is 253 g/mol. The van der Waals surface area contributed by atoms with Gasteiger partial charge in [0.25, 0.3) is 0 Å². The number of nitrogens with zero attached hydrogens (tertiary/aromatic N) is 1. The largest absolute Gasteiger partial charge is 0.489 e. The number of hydrogen-bond acceptors (Lipinski definition) is 2. The van der Waals surface area contributed by atoms with Crippen LogP contribution in [0.5, 0.6) is 5.75 Å². The third-order valence-corrected chi connectivity index (χ3v) is 2.34. The number of hydrogen-bond donors (Lipinski definition) is 0. The number of rotatable bonds is 3. The van der Waals surface area contributed by atoms with Gasteiger partial charge in [-0.1, -0.05) is 12.1 Å². The summed E-state index contributed by atoms with van der Waals surface area (Å²) < 4.78 is 42.4. The summed E-state index contributed by atoms with van der Waals surface area (Å²) in [6, 6.07) is 8.28. The van der Waals surface area contributed by atoms with Gasteiger partial charge in [-0.3, -0.25) is 4.98 Å². The predicted octanol–water partition coefficient (Wildman–Crippen LogP) is 3.68. The van der Waals surface area contributed by atoms with E-state index in [4.69, 9.17) is 4.74 Å². The van der Waals surface area contributed by atoms with Crippen molar-refractivity contribution in [1.29, 1.82) is 0 Å². The highest BCUT2D eigenvalue weighted by Crippen LogP contribution is 2.29. The Morgan fingerprint density at radius 3 is 2.11 bits per heavy atom. The Balaban J connectivity index is 1.99. The fraction of sp³-hybridized carbons (Fsp3) is 0.154. The lowest BCUT2D eigenvalue weighted by Crippen LogP contribution is -2.05. The van der Waals surface area contributed by atoms with Crippen LogP contribution in [0.4, 0.5) is 13.2 Å². The first-order valence-electron chi connectivity index (χ1n) is 5.25. The Morgan fingerprint density at radius 2 is 1.56 bits per heavy atom. The third kappa shape index (κ3) is 3.23. The van der Waals surface area contributed by atoms with Crippen molar-refractivity contribution >= 4 is 0 Å². The average Bonchev–Trinajstić information content (AvgIpc) is 2.37. The van der Waals surface area contributed by atoms with E-state index in [2.05, 4.69) is 4.98 Å². The van der Waals surface area contributed by atoms with Crippen molar-refractivity contribution < 1.29 is 17.9 Å². The highest BCUT2D eigenvalue weighted by molar-refractivity contribution is 5.25. The highest BCUT2D eigenvalue weighted by atomic mass is 19.4. The smallest absolute Gasteiger partial charge is 0.416 e. The van der Waals surface area contributed by atoms with Crippen LogP contribution in [0.2, 0.25) is 0 Å². The molecule has 0 saturated heterocycles. The molecule has 0 bridgehead atoms. The van der Waals surface area contributed by atoms with Crippen molar-refractivity contribution in [2.24, 2.45) is 0 Å². The minimum atomic E-state index is -4.30. The molecule has 1 heterocycles. The molecule has 94 valence electrons. The van der Waals surface area contributed by atoms with Crippen LogP contribution < -0.4 is 4.74 Å². The van der Waals surface area contributed by atoms with Crippen LogP contribution >= 0.6 is 0 Å². The maximum atomic E-state index is 12.3. The Kier molecular flexibility index (Phi) is 3.50. The summed E-state index contributed by atoms with van der Waals surface area (Å²) in [6.07, 6.45) is -1.13. The number of alkyl halides is 3. The normalized spacial score (nSPS) is 11.3. The first-order chi connectivity index (χ1) is 8.55. The number of pyridine rings is 1. The molecule has 18 heavy (non-hydrogen) atoms. The van der Waals surface area contributed by atoms with Gasteiger partial charge in [0.2, 0.25) is 0 Å². The zero-order valence-electron chi connectivity index (χ0n) is 9.32. The topological polar surface area (TPSA) is 22.1 Å². The van der Waals surface area contributed by atoms with Crippen LogP contribution in [0.15, 0.2) is 48.8 Å². The fourth-order valence-electron chi connectivity index (χ4n) is 1.39. The first kappa shape index (κ1) is 12.4. The molecule has 5 heteroatoms. The van der Waals surface area contributed by atoms with Crippen molar-refractivity contribution in [3.05, 3.63) is 59.9 Å². The van der Waals surface area contributed by atoms with Crippen LogP contribution in [0.1, 0.15) is 11.1 Å². The van der Waals surface area contributed by atoms with E-state index in [1.807, 2.05) is 0 Å². The molecular formula is C13H10F3NO. The van der Waals surface area contributed by atoms with E-state index in [1.54, 1.807) is 24.5 Å². The molecule has 0 spiro atoms. The van der Waals surface area contributed by atoms with Gasteiger partial charge >= 0.3 is 6.18 Å². The fourth-order valence-corrected chi connectivity index (χ4v) is 1.39. The lowest BCUT2D eigenvalue weighted by atomic mass is 10.1. The molecule has 2 nitrogen and oxygen atoms in total. The predicted molar refractivity (Wildman–Crippen MR) is 60.0 cm³/mol. The molecule has 2 aromatic rings. The Morgan fingerprint density at radius 1 is 0.944 bits per heavy atom. The lowest BCUT2D eigenvalue weighted by Gasteiger charge is -2.08. The van der Waals surface area contributed by atoms with Crippen molar-refractivity contribution in [2.75, 3.05) is 0 Å². The minimum Gasteiger partial charge on any atom is -0.489 e. The van der Waals surface area contributed by atoms with Gasteiger partial charge in [0.15, 0.2) is 0 Å². The first-order valence-corrected chi connectivity index (χ1v) is 5.25. The Bertz CT molecular complexity index is 494. The van der Waals surface area contributed by atoms with Gasteiger partial charge in [0.05, 0.1) is 5.56 Å². The summed E-state index contributed by atoms with van der Waals surface area (Å²) in [7, 11) is 0. The van der Waals surface area contributed by atoms with Crippen LogP contribution in [0.3, 0.4) is 0 Å². The van der Waals surface area contributed by atoms with Crippen LogP contribution in [-0.4, -0.2) is 4.98 Å². The lowest BCUT2D eigenvalue weighted by molar-refractivity contribution is -0.137. The SMILES string of the molecule is FC(F)(F)c1ccc(COc2ccncc2)cc1. The minimum absolute atomic E-state index is 0.224. The molecule has 0 aliphatic carbocycles. The maximum Gasteiger partial charge on any atom is 0.416 e. The van der Waals surface area contributed by atoms with Gasteiger partial charge in [-0.05, 0) is 29.8 Å². The van der Waals surface area contributed by atoms with E-state index >= 15 is 0 Å². The van der Waals surface area contributed by atoms with Crippen LogP contribution in [0.25, 0.3) is 0 Å². The van der Waals surface area contributed by atoms with Crippen LogP contribution in [-0.2, 0) is 12.8 Å². The van der Waals surface area contributed by atoms with Gasteiger partial charge in [-0.2, -0.15) is 13.2 Å². The standard InChI is InChI=1S/C13H10F3NO/c14-13(15,16)11-3-1-10(2-4-11)9-18-12-5-7-17-8-6-12/h1-8H,9H2. The van der Waals surface area contributed by atoms with Crippen molar-refractivity contribution in [1.82, 2.24) is 4.98 Å². The third-order valence-electron chi connectivity index (χ3n) is 2.34. The number of halogens is 3. The molecule has 0 saturated carbocycles. The number of ether oxygens (including phenoxy) is 1. The summed E-state index contributed by atoms with van der Waals surface area (Å²) >= 11 is 0. The van der Waals surface area contributed by atoms with E-state index in [0.29, 0.717) is 11.3 Å². The second-order valence-electron chi connectivity index (χ2n) is 3.67. The summed E-state index contributed by atoms with van der Waals surface area (Å²) in [5, 5.41) is 0. The van der Waals surface area contributed by atoms with Gasteiger partial charge < -0.3 is 4.74 Å². The van der Waals surface area contributed by atoms with E-state index in [9.17, 15) is 13.2 Å². The second-order valence-corrected chi connectivity index (χ2v) is 3.67. The molecule has 0 atom stereocenters. The van der Waals surface area contributed by atoms with Gasteiger partial charge in [-0.15, -0.1) is 0 Å². The Labute approximate surface area is 102 Å². The molecule has 0 N–H and O–H groups in total. The Hall–Kier alpha value is -2.04. The van der Waals surface area contributed by atoms with Gasteiger partial charge in [-0.25, -0.2) is 0 Å². The molecular weight excluding hydrogens is 243 g/mol. The quantitative estimate of drug-likeness (QED) is 0.832. The number of aromatic nitrogens is 1. The second kappa shape index (κ2) is 5.08. The molecule has 0 unspecified atom stereocenters. The van der Waals surface area contributed by atoms with Crippen molar-refractivity contribution in [2.45, 2.75) is 12.8 Å². The van der Waals surface area contributed by atoms with E-state index < -0.39 is 11.7 Å². The molecule has 0 aliphatic rings. The molecule has 0 aliphatic heterocycles. The van der Waals surface area contributed by atoms with Crippen LogP contribution in [0, 0.1) is 0 Å². The summed E-state index contributed by atoms with van der Waals surface area (Å²) in [4.78, 5) is 3.83. The van der Waals surface area contributed by atoms with Gasteiger partial charge in [0, 0.05) is 12.4 Å². The average molecular weight is 253 g/mol. The summed E-state index contributed by atoms with van der Waals surface area (Å²) in [5.41, 5.74) is 0.0231.